The molecule has 0 spiro atoms. The molecule has 0 fully saturated rings. The Morgan fingerprint density at radius 1 is 1.00 bits per heavy atom. The van der Waals surface area contributed by atoms with Crippen molar-refractivity contribution in [1.29, 1.82) is 0 Å². The molecule has 168 valence electrons. The maximum Gasteiger partial charge on any atom is 0.254 e. The van der Waals surface area contributed by atoms with Crippen LogP contribution < -0.4 is 5.32 Å². The van der Waals surface area contributed by atoms with E-state index in [0.717, 1.165) is 24.3 Å². The van der Waals surface area contributed by atoms with Crippen molar-refractivity contribution in [3.8, 4) is 0 Å². The van der Waals surface area contributed by atoms with E-state index < -0.39 is 35.2 Å². The van der Waals surface area contributed by atoms with Gasteiger partial charge < -0.3 is 9.88 Å². The molecular formula is C22H21F4N5O. The van der Waals surface area contributed by atoms with E-state index in [2.05, 4.69) is 20.4 Å². The van der Waals surface area contributed by atoms with E-state index in [1.807, 2.05) is 4.57 Å². The summed E-state index contributed by atoms with van der Waals surface area (Å²) in [5.74, 6) is -2.31. The number of benzene rings is 2. The molecule has 1 aliphatic heterocycles. The number of halogens is 4. The molecule has 1 aliphatic rings. The Labute approximate surface area is 181 Å². The largest absolute Gasteiger partial charge is 0.342 e. The first-order valence-corrected chi connectivity index (χ1v) is 10.2. The number of hydrogen-bond acceptors (Lipinski definition) is 4. The molecular weight excluding hydrogens is 426 g/mol. The van der Waals surface area contributed by atoms with Gasteiger partial charge in [-0.05, 0) is 42.8 Å². The Kier molecular flexibility index (Phi) is 6.22. The third kappa shape index (κ3) is 4.80. The average Bonchev–Trinajstić information content (AvgIpc) is 3.04. The number of carbonyl (C=O) groups excluding carboxylic acids is 1. The third-order valence-corrected chi connectivity index (χ3v) is 5.38. The Hall–Kier alpha value is -3.27. The monoisotopic (exact) mass is 447 g/mol. The molecule has 1 atom stereocenters. The number of amides is 1. The zero-order chi connectivity index (χ0) is 22.8. The van der Waals surface area contributed by atoms with Crippen LogP contribution in [0.1, 0.15) is 40.5 Å². The summed E-state index contributed by atoms with van der Waals surface area (Å²) < 4.78 is 56.1. The van der Waals surface area contributed by atoms with Crippen molar-refractivity contribution < 1.29 is 22.4 Å². The van der Waals surface area contributed by atoms with Gasteiger partial charge in [0.2, 0.25) is 0 Å². The second-order valence-corrected chi connectivity index (χ2v) is 7.75. The predicted molar refractivity (Wildman–Crippen MR) is 108 cm³/mol. The lowest BCUT2D eigenvalue weighted by atomic mass is 10.1. The van der Waals surface area contributed by atoms with Crippen LogP contribution in [-0.4, -0.2) is 38.7 Å². The van der Waals surface area contributed by atoms with Crippen LogP contribution in [0.4, 0.5) is 17.6 Å². The highest BCUT2D eigenvalue weighted by atomic mass is 19.1. The van der Waals surface area contributed by atoms with Crippen LogP contribution in [0, 0.1) is 23.3 Å². The molecule has 0 bridgehead atoms. The summed E-state index contributed by atoms with van der Waals surface area (Å²) in [7, 11) is 0. The average molecular weight is 447 g/mol. The molecule has 0 radical (unpaired) electrons. The summed E-state index contributed by atoms with van der Waals surface area (Å²) in [6.07, 6.45) is 0.560. The van der Waals surface area contributed by atoms with Crippen LogP contribution in [0.25, 0.3) is 0 Å². The van der Waals surface area contributed by atoms with Gasteiger partial charge in [-0.1, -0.05) is 0 Å². The summed E-state index contributed by atoms with van der Waals surface area (Å²) in [5.41, 5.74) is 0.152. The summed E-state index contributed by atoms with van der Waals surface area (Å²) in [4.78, 5) is 14.5. The number of aromatic nitrogens is 3. The van der Waals surface area contributed by atoms with Gasteiger partial charge in [0.1, 0.15) is 29.1 Å². The maximum atomic E-state index is 13.9. The van der Waals surface area contributed by atoms with Crippen molar-refractivity contribution in [3.63, 3.8) is 0 Å². The molecule has 1 N–H and O–H groups in total. The van der Waals surface area contributed by atoms with Crippen molar-refractivity contribution >= 4 is 5.91 Å². The lowest BCUT2D eigenvalue weighted by Gasteiger charge is -2.20. The fourth-order valence-electron chi connectivity index (χ4n) is 3.84. The molecule has 2 heterocycles. The highest BCUT2D eigenvalue weighted by Crippen LogP contribution is 2.19. The molecule has 3 aromatic rings. The molecule has 10 heteroatoms. The Balaban J connectivity index is 1.44. The van der Waals surface area contributed by atoms with Gasteiger partial charge in [-0.3, -0.25) is 9.69 Å². The van der Waals surface area contributed by atoms with Crippen molar-refractivity contribution in [2.75, 3.05) is 13.1 Å². The van der Waals surface area contributed by atoms with Crippen LogP contribution in [0.3, 0.4) is 0 Å². The molecule has 0 saturated carbocycles. The van der Waals surface area contributed by atoms with Gasteiger partial charge in [0, 0.05) is 38.7 Å². The van der Waals surface area contributed by atoms with Gasteiger partial charge in [-0.2, -0.15) is 0 Å². The Bertz CT molecular complexity index is 1130. The highest BCUT2D eigenvalue weighted by molar-refractivity contribution is 5.94. The summed E-state index contributed by atoms with van der Waals surface area (Å²) >= 11 is 0. The molecule has 1 amide bonds. The number of rotatable bonds is 5. The number of fused-ring (bicyclic) bond motifs is 1. The smallest absolute Gasteiger partial charge is 0.254 e. The third-order valence-electron chi connectivity index (χ3n) is 5.38. The first-order valence-electron chi connectivity index (χ1n) is 10.2. The van der Waals surface area contributed by atoms with E-state index in [4.69, 9.17) is 0 Å². The second kappa shape index (κ2) is 9.07. The Morgan fingerprint density at radius 3 is 2.50 bits per heavy atom. The van der Waals surface area contributed by atoms with Gasteiger partial charge in [0.25, 0.3) is 5.91 Å². The van der Waals surface area contributed by atoms with Crippen LogP contribution in [-0.2, 0) is 19.5 Å². The van der Waals surface area contributed by atoms with Crippen LogP contribution >= 0.6 is 0 Å². The maximum absolute atomic E-state index is 13.9. The minimum atomic E-state index is -0.819. The first-order chi connectivity index (χ1) is 15.3. The van der Waals surface area contributed by atoms with E-state index in [0.29, 0.717) is 49.8 Å². The van der Waals surface area contributed by atoms with Crippen molar-refractivity contribution in [1.82, 2.24) is 25.0 Å². The summed E-state index contributed by atoms with van der Waals surface area (Å²) in [6, 6.07) is 5.54. The van der Waals surface area contributed by atoms with Crippen LogP contribution in [0.2, 0.25) is 0 Å². The lowest BCUT2D eigenvalue weighted by Crippen LogP contribution is -2.30. The molecule has 4 rings (SSSR count). The molecule has 6 nitrogen and oxygen atoms in total. The van der Waals surface area contributed by atoms with Crippen LogP contribution in [0.5, 0.6) is 0 Å². The Morgan fingerprint density at radius 2 is 1.75 bits per heavy atom. The van der Waals surface area contributed by atoms with Gasteiger partial charge in [0.05, 0.1) is 11.6 Å². The second-order valence-electron chi connectivity index (χ2n) is 7.75. The van der Waals surface area contributed by atoms with E-state index in [1.165, 1.54) is 12.1 Å². The molecule has 0 unspecified atom stereocenters. The van der Waals surface area contributed by atoms with Crippen molar-refractivity contribution in [2.24, 2.45) is 0 Å². The summed E-state index contributed by atoms with van der Waals surface area (Å²) in [5, 5.41) is 11.0. The number of nitrogens with zero attached hydrogens (tertiary/aromatic N) is 4. The molecule has 0 aliphatic carbocycles. The SMILES string of the molecule is C[C@H](NC(=O)c1cc(F)ccc1F)c1nnc2n1CCN(Cc1cc(F)cc(F)c1)CC2. The molecule has 2 aromatic carbocycles. The topological polar surface area (TPSA) is 63.1 Å². The zero-order valence-corrected chi connectivity index (χ0v) is 17.3. The van der Waals surface area contributed by atoms with E-state index >= 15 is 0 Å². The predicted octanol–water partition coefficient (Wildman–Crippen LogP) is 3.38. The van der Waals surface area contributed by atoms with Gasteiger partial charge in [-0.15, -0.1) is 10.2 Å². The molecule has 32 heavy (non-hydrogen) atoms. The molecule has 1 aromatic heterocycles. The van der Waals surface area contributed by atoms with Gasteiger partial charge >= 0.3 is 0 Å². The number of hydrogen-bond donors (Lipinski definition) is 1. The molecule has 0 saturated heterocycles. The van der Waals surface area contributed by atoms with Crippen molar-refractivity contribution in [2.45, 2.75) is 32.5 Å². The quantitative estimate of drug-likeness (QED) is 0.610. The normalized spacial score (nSPS) is 15.2. The lowest BCUT2D eigenvalue weighted by molar-refractivity contribution is 0.0932. The first kappa shape index (κ1) is 21.9. The van der Waals surface area contributed by atoms with Crippen LogP contribution in [0.15, 0.2) is 36.4 Å². The highest BCUT2D eigenvalue weighted by Gasteiger charge is 2.24. The number of nitrogens with one attached hydrogen (secondary N) is 1. The standard InChI is InChI=1S/C22H21F4N5O/c1-13(27-22(32)18-11-15(23)2-3-19(18)26)21-29-28-20-4-5-30(6-7-31(20)21)12-14-8-16(24)10-17(25)9-14/h2-3,8-11,13H,4-7,12H2,1H3,(H,27,32)/t13-/m0/s1. The van der Waals surface area contributed by atoms with Gasteiger partial charge in [0.15, 0.2) is 5.82 Å². The van der Waals surface area contributed by atoms with E-state index in [-0.39, 0.29) is 5.56 Å². The summed E-state index contributed by atoms with van der Waals surface area (Å²) in [6.45, 7) is 3.77. The van der Waals surface area contributed by atoms with Gasteiger partial charge in [-0.25, -0.2) is 17.6 Å². The minimum absolute atomic E-state index is 0.382. The van der Waals surface area contributed by atoms with E-state index in [9.17, 15) is 22.4 Å². The van der Waals surface area contributed by atoms with Crippen molar-refractivity contribution in [3.05, 3.63) is 82.4 Å². The fourth-order valence-corrected chi connectivity index (χ4v) is 3.84. The zero-order valence-electron chi connectivity index (χ0n) is 17.3. The number of carbonyl (C=O) groups is 1. The van der Waals surface area contributed by atoms with E-state index in [1.54, 1.807) is 6.92 Å². The minimum Gasteiger partial charge on any atom is -0.342 e. The fraction of sp³-hybridized carbons (Fsp3) is 0.318.